The zero-order valence-corrected chi connectivity index (χ0v) is 18.6. The third-order valence-corrected chi connectivity index (χ3v) is 6.62. The number of hydrogen-bond donors (Lipinski definition) is 1. The van der Waals surface area contributed by atoms with Gasteiger partial charge in [0.25, 0.3) is 5.91 Å². The molecule has 1 amide bonds. The molecule has 5 nitrogen and oxygen atoms in total. The first kappa shape index (κ1) is 21.8. The van der Waals surface area contributed by atoms with E-state index in [9.17, 15) is 4.79 Å². The average Bonchev–Trinajstić information content (AvgIpc) is 2.81. The van der Waals surface area contributed by atoms with Gasteiger partial charge in [0.2, 0.25) is 0 Å². The van der Waals surface area contributed by atoms with Gasteiger partial charge in [0.15, 0.2) is 0 Å². The fourth-order valence-corrected chi connectivity index (χ4v) is 4.69. The van der Waals surface area contributed by atoms with E-state index < -0.39 is 0 Å². The van der Waals surface area contributed by atoms with Crippen molar-refractivity contribution in [3.8, 4) is 5.75 Å². The van der Waals surface area contributed by atoms with Crippen LogP contribution < -0.4 is 10.1 Å². The maximum atomic E-state index is 12.5. The van der Waals surface area contributed by atoms with E-state index in [1.54, 1.807) is 0 Å². The first-order chi connectivity index (χ1) is 15.2. The zero-order valence-electron chi connectivity index (χ0n) is 18.6. The van der Waals surface area contributed by atoms with Crippen LogP contribution in [0.15, 0.2) is 54.6 Å². The van der Waals surface area contributed by atoms with E-state index >= 15 is 0 Å². The minimum absolute atomic E-state index is 0.0431. The molecule has 2 fully saturated rings. The fourth-order valence-electron chi connectivity index (χ4n) is 4.69. The number of carbonyl (C=O) groups is 1. The molecule has 166 valence electrons. The van der Waals surface area contributed by atoms with E-state index in [1.807, 2.05) is 42.5 Å². The highest BCUT2D eigenvalue weighted by atomic mass is 16.5. The number of likely N-dealkylation sites (tertiary alicyclic amines) is 2. The summed E-state index contributed by atoms with van der Waals surface area (Å²) >= 11 is 0. The van der Waals surface area contributed by atoms with Crippen molar-refractivity contribution >= 4 is 5.91 Å². The number of benzene rings is 2. The lowest BCUT2D eigenvalue weighted by molar-refractivity contribution is 0.0525. The van der Waals surface area contributed by atoms with Crippen molar-refractivity contribution in [2.45, 2.75) is 44.2 Å². The van der Waals surface area contributed by atoms with Crippen LogP contribution in [0.2, 0.25) is 0 Å². The molecule has 1 N–H and O–H groups in total. The first-order valence-electron chi connectivity index (χ1n) is 11.7. The predicted molar refractivity (Wildman–Crippen MR) is 125 cm³/mol. The number of rotatable bonds is 7. The van der Waals surface area contributed by atoms with E-state index in [2.05, 4.69) is 34.3 Å². The maximum Gasteiger partial charge on any atom is 0.251 e. The summed E-state index contributed by atoms with van der Waals surface area (Å²) in [5.74, 6) is 0.756. The Balaban J connectivity index is 1.22. The van der Waals surface area contributed by atoms with Crippen LogP contribution in [0.25, 0.3) is 0 Å². The van der Waals surface area contributed by atoms with Gasteiger partial charge in [0, 0.05) is 31.2 Å². The van der Waals surface area contributed by atoms with Crippen LogP contribution in [-0.2, 0) is 6.42 Å². The largest absolute Gasteiger partial charge is 0.490 e. The Kier molecular flexibility index (Phi) is 7.60. The van der Waals surface area contributed by atoms with Gasteiger partial charge in [-0.15, -0.1) is 0 Å². The summed E-state index contributed by atoms with van der Waals surface area (Å²) in [6.45, 7) is 5.27. The van der Waals surface area contributed by atoms with Crippen molar-refractivity contribution in [2.75, 3.05) is 39.8 Å². The van der Waals surface area contributed by atoms with Crippen molar-refractivity contribution in [3.63, 3.8) is 0 Å². The lowest BCUT2D eigenvalue weighted by atomic mass is 9.99. The van der Waals surface area contributed by atoms with E-state index in [4.69, 9.17) is 4.74 Å². The molecular weight excluding hydrogens is 386 g/mol. The van der Waals surface area contributed by atoms with Crippen molar-refractivity contribution in [3.05, 3.63) is 65.7 Å². The topological polar surface area (TPSA) is 44.8 Å². The Morgan fingerprint density at radius 1 is 0.968 bits per heavy atom. The average molecular weight is 422 g/mol. The molecule has 2 aromatic carbocycles. The molecule has 0 atom stereocenters. The second-order valence-electron chi connectivity index (χ2n) is 8.91. The Labute approximate surface area is 186 Å². The molecular formula is C26H35N3O2. The summed E-state index contributed by atoms with van der Waals surface area (Å²) in [4.78, 5) is 17.6. The smallest absolute Gasteiger partial charge is 0.251 e. The Bertz CT molecular complexity index is 826. The van der Waals surface area contributed by atoms with Crippen LogP contribution >= 0.6 is 0 Å². The first-order valence-corrected chi connectivity index (χ1v) is 11.7. The third kappa shape index (κ3) is 6.31. The molecule has 0 bridgehead atoms. The predicted octanol–water partition coefficient (Wildman–Crippen LogP) is 3.60. The number of amides is 1. The lowest BCUT2D eigenvalue weighted by Crippen LogP contribution is -2.48. The minimum atomic E-state index is -0.0431. The molecule has 0 aromatic heterocycles. The summed E-state index contributed by atoms with van der Waals surface area (Å²) in [6, 6.07) is 18.6. The van der Waals surface area contributed by atoms with Crippen molar-refractivity contribution in [2.24, 2.45) is 0 Å². The van der Waals surface area contributed by atoms with Crippen molar-refractivity contribution in [1.82, 2.24) is 15.1 Å². The highest BCUT2D eigenvalue weighted by Crippen LogP contribution is 2.24. The van der Waals surface area contributed by atoms with Gasteiger partial charge in [0.1, 0.15) is 11.9 Å². The molecule has 0 unspecified atom stereocenters. The molecule has 31 heavy (non-hydrogen) atoms. The van der Waals surface area contributed by atoms with Crippen LogP contribution in [0.5, 0.6) is 5.75 Å². The Morgan fingerprint density at radius 2 is 1.71 bits per heavy atom. The van der Waals surface area contributed by atoms with Gasteiger partial charge in [-0.2, -0.15) is 0 Å². The van der Waals surface area contributed by atoms with Crippen LogP contribution in [-0.4, -0.2) is 67.6 Å². The van der Waals surface area contributed by atoms with Gasteiger partial charge in [-0.1, -0.05) is 36.4 Å². The second kappa shape index (κ2) is 10.8. The number of ether oxygens (including phenoxy) is 1. The summed E-state index contributed by atoms with van der Waals surface area (Å²) in [7, 11) is 2.22. The number of piperidine rings is 2. The standard InChI is InChI=1S/C26H35N3O2/c1-28-16-11-23(12-17-28)29-18-13-24(14-19-29)31-25-9-5-8-22(20-25)26(30)27-15-10-21-6-3-2-4-7-21/h2-9,20,23-24H,10-19H2,1H3,(H,27,30). The number of hydrogen-bond acceptors (Lipinski definition) is 4. The molecule has 4 rings (SSSR count). The normalized spacial score (nSPS) is 19.3. The fraction of sp³-hybridized carbons (Fsp3) is 0.500. The number of nitrogens with one attached hydrogen (secondary N) is 1. The van der Waals surface area contributed by atoms with E-state index in [-0.39, 0.29) is 12.0 Å². The SMILES string of the molecule is CN1CCC(N2CCC(Oc3cccc(C(=O)NCCc4ccccc4)c3)CC2)CC1. The van der Waals surface area contributed by atoms with Gasteiger partial charge in [-0.05, 0) is 76.0 Å². The van der Waals surface area contributed by atoms with E-state index in [0.29, 0.717) is 12.1 Å². The summed E-state index contributed by atoms with van der Waals surface area (Å²) in [5.41, 5.74) is 1.89. The van der Waals surface area contributed by atoms with Crippen LogP contribution in [0.1, 0.15) is 41.6 Å². The van der Waals surface area contributed by atoms with Crippen LogP contribution in [0.3, 0.4) is 0 Å². The van der Waals surface area contributed by atoms with Gasteiger partial charge < -0.3 is 19.9 Å². The second-order valence-corrected chi connectivity index (χ2v) is 8.91. The molecule has 2 aromatic rings. The molecule has 0 spiro atoms. The van der Waals surface area contributed by atoms with E-state index in [0.717, 1.165) is 44.1 Å². The molecule has 0 saturated carbocycles. The molecule has 2 aliphatic heterocycles. The third-order valence-electron chi connectivity index (χ3n) is 6.62. The van der Waals surface area contributed by atoms with Gasteiger partial charge in [-0.25, -0.2) is 0 Å². The van der Waals surface area contributed by atoms with Crippen molar-refractivity contribution in [1.29, 1.82) is 0 Å². The van der Waals surface area contributed by atoms with Gasteiger partial charge in [0.05, 0.1) is 0 Å². The zero-order chi connectivity index (χ0) is 21.5. The van der Waals surface area contributed by atoms with Gasteiger partial charge >= 0.3 is 0 Å². The Morgan fingerprint density at radius 3 is 2.45 bits per heavy atom. The minimum Gasteiger partial charge on any atom is -0.490 e. The molecule has 2 aliphatic rings. The van der Waals surface area contributed by atoms with Crippen LogP contribution in [0, 0.1) is 0 Å². The quantitative estimate of drug-likeness (QED) is 0.742. The molecule has 0 radical (unpaired) electrons. The van der Waals surface area contributed by atoms with Gasteiger partial charge in [-0.3, -0.25) is 4.79 Å². The summed E-state index contributed by atoms with van der Waals surface area (Å²) in [5, 5.41) is 3.02. The lowest BCUT2D eigenvalue weighted by Gasteiger charge is -2.41. The number of nitrogens with zero attached hydrogens (tertiary/aromatic N) is 2. The number of carbonyl (C=O) groups excluding carboxylic acids is 1. The van der Waals surface area contributed by atoms with E-state index in [1.165, 1.54) is 31.5 Å². The highest BCUT2D eigenvalue weighted by molar-refractivity contribution is 5.94. The Hall–Kier alpha value is -2.37. The molecule has 0 aliphatic carbocycles. The molecule has 5 heteroatoms. The summed E-state index contributed by atoms with van der Waals surface area (Å²) in [6.07, 6.45) is 5.74. The van der Waals surface area contributed by atoms with Crippen LogP contribution in [0.4, 0.5) is 0 Å². The molecule has 2 heterocycles. The van der Waals surface area contributed by atoms with Crippen molar-refractivity contribution < 1.29 is 9.53 Å². The monoisotopic (exact) mass is 421 g/mol. The molecule has 2 saturated heterocycles. The highest BCUT2D eigenvalue weighted by Gasteiger charge is 2.28. The maximum absolute atomic E-state index is 12.5. The summed E-state index contributed by atoms with van der Waals surface area (Å²) < 4.78 is 6.26.